The van der Waals surface area contributed by atoms with E-state index in [2.05, 4.69) is 4.74 Å². The second kappa shape index (κ2) is 4.14. The average molecular weight is 232 g/mol. The number of aromatic nitrogens is 1. The molecule has 0 atom stereocenters. The Kier molecular flexibility index (Phi) is 2.66. The Hall–Kier alpha value is -2.55. The van der Waals surface area contributed by atoms with Crippen LogP contribution in [0.25, 0.3) is 11.1 Å². The zero-order valence-electron chi connectivity index (χ0n) is 8.97. The molecule has 6 nitrogen and oxygen atoms in total. The van der Waals surface area contributed by atoms with Gasteiger partial charge in [-0.1, -0.05) is 0 Å². The summed E-state index contributed by atoms with van der Waals surface area (Å²) in [6, 6.07) is 6.31. The first kappa shape index (κ1) is 11.0. The Morgan fingerprint density at radius 1 is 1.59 bits per heavy atom. The lowest BCUT2D eigenvalue weighted by atomic mass is 10.2. The van der Waals surface area contributed by atoms with Crippen molar-refractivity contribution in [3.05, 3.63) is 34.3 Å². The van der Waals surface area contributed by atoms with E-state index in [4.69, 9.17) is 9.68 Å². The molecule has 2 rings (SSSR count). The van der Waals surface area contributed by atoms with Crippen LogP contribution in [0, 0.1) is 11.3 Å². The van der Waals surface area contributed by atoms with E-state index in [0.717, 1.165) is 4.57 Å². The summed E-state index contributed by atoms with van der Waals surface area (Å²) in [6.07, 6.45) is 0. The van der Waals surface area contributed by atoms with Gasteiger partial charge >= 0.3 is 11.7 Å². The monoisotopic (exact) mass is 232 g/mol. The maximum atomic E-state index is 11.4. The summed E-state index contributed by atoms with van der Waals surface area (Å²) in [5.74, 6) is -1.13. The van der Waals surface area contributed by atoms with Gasteiger partial charge < -0.3 is 9.15 Å². The van der Waals surface area contributed by atoms with Crippen LogP contribution in [0.15, 0.2) is 27.4 Å². The average Bonchev–Trinajstić information content (AvgIpc) is 2.65. The molecule has 0 unspecified atom stereocenters. The number of nitriles is 1. The normalized spacial score (nSPS) is 10.1. The number of benzene rings is 1. The molecule has 0 amide bonds. The Balaban J connectivity index is 2.67. The van der Waals surface area contributed by atoms with Crippen LogP contribution in [0.2, 0.25) is 0 Å². The zero-order valence-corrected chi connectivity index (χ0v) is 8.97. The fourth-order valence-electron chi connectivity index (χ4n) is 1.53. The van der Waals surface area contributed by atoms with E-state index in [1.807, 2.05) is 6.07 Å². The maximum Gasteiger partial charge on any atom is 0.420 e. The third kappa shape index (κ3) is 1.78. The molecular weight excluding hydrogens is 224 g/mol. The minimum absolute atomic E-state index is 0.129. The molecule has 17 heavy (non-hydrogen) atoms. The summed E-state index contributed by atoms with van der Waals surface area (Å²) < 4.78 is 10.6. The molecule has 0 N–H and O–H groups in total. The van der Waals surface area contributed by atoms with Crippen molar-refractivity contribution in [1.82, 2.24) is 4.57 Å². The summed E-state index contributed by atoms with van der Waals surface area (Å²) >= 11 is 0. The molecule has 1 aromatic heterocycles. The first-order valence-corrected chi connectivity index (χ1v) is 4.76. The van der Waals surface area contributed by atoms with Crippen LogP contribution in [0.5, 0.6) is 0 Å². The summed E-state index contributed by atoms with van der Waals surface area (Å²) in [5.41, 5.74) is 1.03. The minimum Gasteiger partial charge on any atom is -0.465 e. The van der Waals surface area contributed by atoms with Crippen LogP contribution in [0.4, 0.5) is 0 Å². The van der Waals surface area contributed by atoms with Crippen LogP contribution in [-0.2, 0) is 11.3 Å². The van der Waals surface area contributed by atoms with Crippen molar-refractivity contribution in [3.8, 4) is 6.07 Å². The van der Waals surface area contributed by atoms with Crippen molar-refractivity contribution >= 4 is 17.1 Å². The summed E-state index contributed by atoms with van der Waals surface area (Å²) in [4.78, 5) is 22.7. The molecule has 1 heterocycles. The van der Waals surface area contributed by atoms with Crippen LogP contribution in [0.3, 0.4) is 0 Å². The van der Waals surface area contributed by atoms with Crippen LogP contribution >= 0.6 is 0 Å². The van der Waals surface area contributed by atoms with Crippen molar-refractivity contribution in [2.45, 2.75) is 6.54 Å². The van der Waals surface area contributed by atoms with E-state index in [9.17, 15) is 9.59 Å². The second-order valence-electron chi connectivity index (χ2n) is 3.29. The van der Waals surface area contributed by atoms with Crippen molar-refractivity contribution in [3.63, 3.8) is 0 Å². The molecule has 0 bridgehead atoms. The van der Waals surface area contributed by atoms with Gasteiger partial charge in [-0.2, -0.15) is 5.26 Å². The number of esters is 1. The predicted molar refractivity (Wildman–Crippen MR) is 57.4 cm³/mol. The third-order valence-electron chi connectivity index (χ3n) is 2.32. The number of methoxy groups -OCH3 is 1. The molecule has 0 spiro atoms. The van der Waals surface area contributed by atoms with E-state index in [1.54, 1.807) is 0 Å². The molecule has 2 aromatic rings. The number of rotatable bonds is 2. The molecule has 86 valence electrons. The highest BCUT2D eigenvalue weighted by Crippen LogP contribution is 2.15. The Morgan fingerprint density at radius 3 is 3.00 bits per heavy atom. The largest absolute Gasteiger partial charge is 0.465 e. The van der Waals surface area contributed by atoms with Gasteiger partial charge in [-0.05, 0) is 18.2 Å². The molecule has 0 fully saturated rings. The first-order valence-electron chi connectivity index (χ1n) is 4.76. The molecule has 0 aliphatic rings. The van der Waals surface area contributed by atoms with Crippen LogP contribution in [0.1, 0.15) is 10.4 Å². The molecule has 1 aromatic carbocycles. The van der Waals surface area contributed by atoms with Crippen LogP contribution < -0.4 is 5.76 Å². The van der Waals surface area contributed by atoms with E-state index < -0.39 is 11.7 Å². The van der Waals surface area contributed by atoms with Gasteiger partial charge in [-0.15, -0.1) is 0 Å². The molecule has 0 radical (unpaired) electrons. The number of nitrogens with zero attached hydrogens (tertiary/aromatic N) is 2. The minimum atomic E-state index is -0.622. The van der Waals surface area contributed by atoms with Gasteiger partial charge in [0.25, 0.3) is 0 Å². The van der Waals surface area contributed by atoms with Crippen molar-refractivity contribution < 1.29 is 13.9 Å². The lowest BCUT2D eigenvalue weighted by Crippen LogP contribution is -2.13. The lowest BCUT2D eigenvalue weighted by molar-refractivity contribution is 0.0601. The van der Waals surface area contributed by atoms with Gasteiger partial charge in [0.05, 0.1) is 24.3 Å². The van der Waals surface area contributed by atoms with E-state index >= 15 is 0 Å². The van der Waals surface area contributed by atoms with E-state index in [0.29, 0.717) is 16.7 Å². The number of carbonyl (C=O) groups is 1. The number of hydrogen-bond donors (Lipinski definition) is 0. The molecule has 6 heteroatoms. The number of carbonyl (C=O) groups excluding carboxylic acids is 1. The summed E-state index contributed by atoms with van der Waals surface area (Å²) in [7, 11) is 1.27. The lowest BCUT2D eigenvalue weighted by Gasteiger charge is -1.99. The fourth-order valence-corrected chi connectivity index (χ4v) is 1.53. The number of hydrogen-bond acceptors (Lipinski definition) is 5. The van der Waals surface area contributed by atoms with E-state index in [1.165, 1.54) is 25.3 Å². The Bertz CT molecular complexity index is 675. The van der Waals surface area contributed by atoms with Crippen molar-refractivity contribution in [1.29, 1.82) is 5.26 Å². The zero-order chi connectivity index (χ0) is 12.4. The second-order valence-corrected chi connectivity index (χ2v) is 3.29. The number of fused-ring (bicyclic) bond motifs is 1. The number of ether oxygens (including phenoxy) is 1. The fraction of sp³-hybridized carbons (Fsp3) is 0.182. The summed E-state index contributed by atoms with van der Waals surface area (Å²) in [6.45, 7) is -0.129. The Morgan fingerprint density at radius 2 is 2.35 bits per heavy atom. The van der Waals surface area contributed by atoms with Gasteiger partial charge in [0.2, 0.25) is 0 Å². The van der Waals surface area contributed by atoms with Crippen molar-refractivity contribution in [2.24, 2.45) is 0 Å². The third-order valence-corrected chi connectivity index (χ3v) is 2.32. The molecule has 0 aliphatic heterocycles. The highest BCUT2D eigenvalue weighted by molar-refractivity contribution is 5.93. The molecule has 0 aliphatic carbocycles. The maximum absolute atomic E-state index is 11.4. The SMILES string of the molecule is COC(=O)c1ccc2oc(=O)n(CC#N)c2c1. The van der Waals surface area contributed by atoms with Gasteiger partial charge in [0.1, 0.15) is 6.54 Å². The smallest absolute Gasteiger partial charge is 0.420 e. The topological polar surface area (TPSA) is 85.2 Å². The van der Waals surface area contributed by atoms with Gasteiger partial charge in [-0.3, -0.25) is 4.57 Å². The van der Waals surface area contributed by atoms with Crippen molar-refractivity contribution in [2.75, 3.05) is 7.11 Å². The highest BCUT2D eigenvalue weighted by Gasteiger charge is 2.12. The van der Waals surface area contributed by atoms with Crippen LogP contribution in [-0.4, -0.2) is 17.6 Å². The number of oxazole rings is 1. The van der Waals surface area contributed by atoms with Gasteiger partial charge in [0, 0.05) is 0 Å². The Labute approximate surface area is 95.6 Å². The summed E-state index contributed by atoms with van der Waals surface area (Å²) in [5, 5.41) is 8.60. The standard InChI is InChI=1S/C11H8N2O4/c1-16-10(14)7-2-3-9-8(6-7)13(5-4-12)11(15)17-9/h2-3,6H,5H2,1H3. The molecule has 0 saturated heterocycles. The predicted octanol–water partition coefficient (Wildman–Crippen LogP) is 0.905. The molecular formula is C11H8N2O4. The van der Waals surface area contributed by atoms with Gasteiger partial charge in [0.15, 0.2) is 5.58 Å². The first-order chi connectivity index (χ1) is 8.17. The molecule has 0 saturated carbocycles. The quantitative estimate of drug-likeness (QED) is 0.718. The van der Waals surface area contributed by atoms with E-state index in [-0.39, 0.29) is 6.54 Å². The van der Waals surface area contributed by atoms with Gasteiger partial charge in [-0.25, -0.2) is 9.59 Å². The highest BCUT2D eigenvalue weighted by atomic mass is 16.5.